The van der Waals surface area contributed by atoms with Crippen LogP contribution in [0.3, 0.4) is 0 Å². The molecule has 2 rings (SSSR count). The lowest BCUT2D eigenvalue weighted by Gasteiger charge is -2.24. The first kappa shape index (κ1) is 14.6. The topological polar surface area (TPSA) is 35.5 Å². The molecule has 1 saturated heterocycles. The van der Waals surface area contributed by atoms with Crippen molar-refractivity contribution in [3.8, 4) is 0 Å². The number of rotatable bonds is 5. The Hall–Kier alpha value is -0.770. The Bertz CT molecular complexity index is 434. The molecule has 106 valence electrons. The summed E-state index contributed by atoms with van der Waals surface area (Å²) < 4.78 is 0. The SMILES string of the molecule is CCCNCc1cc(Cl)ccc1N1CCC(C)(O)C1. The fourth-order valence-corrected chi connectivity index (χ4v) is 2.75. The fraction of sp³-hybridized carbons (Fsp3) is 0.600. The van der Waals surface area contributed by atoms with Gasteiger partial charge in [0.1, 0.15) is 0 Å². The van der Waals surface area contributed by atoms with Crippen molar-refractivity contribution in [1.82, 2.24) is 5.32 Å². The summed E-state index contributed by atoms with van der Waals surface area (Å²) in [6, 6.07) is 6.01. The van der Waals surface area contributed by atoms with Gasteiger partial charge in [-0.2, -0.15) is 0 Å². The Morgan fingerprint density at radius 1 is 1.47 bits per heavy atom. The third-order valence-corrected chi connectivity index (χ3v) is 3.81. The molecule has 1 aromatic carbocycles. The number of hydrogen-bond donors (Lipinski definition) is 2. The molecule has 3 nitrogen and oxygen atoms in total. The van der Waals surface area contributed by atoms with Crippen LogP contribution in [0.25, 0.3) is 0 Å². The van der Waals surface area contributed by atoms with Crippen molar-refractivity contribution in [2.45, 2.75) is 38.8 Å². The lowest BCUT2D eigenvalue weighted by molar-refractivity contribution is 0.0839. The van der Waals surface area contributed by atoms with Gasteiger partial charge in [-0.3, -0.25) is 0 Å². The van der Waals surface area contributed by atoms with E-state index in [2.05, 4.69) is 23.2 Å². The van der Waals surface area contributed by atoms with Crippen molar-refractivity contribution >= 4 is 17.3 Å². The van der Waals surface area contributed by atoms with Crippen LogP contribution in [0.15, 0.2) is 18.2 Å². The Labute approximate surface area is 120 Å². The maximum Gasteiger partial charge on any atom is 0.0810 e. The highest BCUT2D eigenvalue weighted by molar-refractivity contribution is 6.30. The molecule has 0 aliphatic carbocycles. The molecule has 1 aliphatic heterocycles. The molecule has 4 heteroatoms. The number of anilines is 1. The van der Waals surface area contributed by atoms with Gasteiger partial charge in [-0.15, -0.1) is 0 Å². The smallest absolute Gasteiger partial charge is 0.0810 e. The van der Waals surface area contributed by atoms with Gasteiger partial charge >= 0.3 is 0 Å². The first-order chi connectivity index (χ1) is 9.02. The van der Waals surface area contributed by atoms with E-state index in [0.717, 1.165) is 37.5 Å². The molecule has 1 heterocycles. The van der Waals surface area contributed by atoms with Gasteiger partial charge in [0.15, 0.2) is 0 Å². The van der Waals surface area contributed by atoms with E-state index in [0.29, 0.717) is 6.54 Å². The third-order valence-electron chi connectivity index (χ3n) is 3.58. The Kier molecular flexibility index (Phi) is 4.71. The average Bonchev–Trinajstić information content (AvgIpc) is 2.70. The number of benzene rings is 1. The molecule has 19 heavy (non-hydrogen) atoms. The van der Waals surface area contributed by atoms with Crippen molar-refractivity contribution in [3.63, 3.8) is 0 Å². The molecule has 1 fully saturated rings. The highest BCUT2D eigenvalue weighted by atomic mass is 35.5. The zero-order valence-electron chi connectivity index (χ0n) is 11.7. The number of nitrogens with zero attached hydrogens (tertiary/aromatic N) is 1. The summed E-state index contributed by atoms with van der Waals surface area (Å²) in [6.07, 6.45) is 1.94. The van der Waals surface area contributed by atoms with E-state index >= 15 is 0 Å². The van der Waals surface area contributed by atoms with E-state index in [9.17, 15) is 5.11 Å². The first-order valence-corrected chi connectivity index (χ1v) is 7.36. The molecule has 0 radical (unpaired) electrons. The molecule has 1 unspecified atom stereocenters. The van der Waals surface area contributed by atoms with E-state index < -0.39 is 5.60 Å². The number of β-amino-alcohol motifs (C(OH)–C–C–N with tert-alkyl or cyclic N) is 1. The zero-order valence-corrected chi connectivity index (χ0v) is 12.5. The highest BCUT2D eigenvalue weighted by Gasteiger charge is 2.32. The molecule has 1 aromatic rings. The summed E-state index contributed by atoms with van der Waals surface area (Å²) >= 11 is 6.10. The van der Waals surface area contributed by atoms with Crippen molar-refractivity contribution in [1.29, 1.82) is 0 Å². The second-order valence-electron chi connectivity index (χ2n) is 5.62. The summed E-state index contributed by atoms with van der Waals surface area (Å²) in [4.78, 5) is 2.25. The van der Waals surface area contributed by atoms with Crippen molar-refractivity contribution < 1.29 is 5.11 Å². The molecule has 2 N–H and O–H groups in total. The minimum Gasteiger partial charge on any atom is -0.388 e. The van der Waals surface area contributed by atoms with Crippen LogP contribution in [0.4, 0.5) is 5.69 Å². The zero-order chi connectivity index (χ0) is 13.9. The van der Waals surface area contributed by atoms with Crippen LogP contribution in [0, 0.1) is 0 Å². The number of nitrogens with one attached hydrogen (secondary N) is 1. The molecule has 0 amide bonds. The maximum absolute atomic E-state index is 10.1. The molecule has 0 aromatic heterocycles. The Morgan fingerprint density at radius 2 is 2.26 bits per heavy atom. The number of hydrogen-bond acceptors (Lipinski definition) is 3. The summed E-state index contributed by atoms with van der Waals surface area (Å²) in [5, 5.41) is 14.3. The molecule has 0 spiro atoms. The lowest BCUT2D eigenvalue weighted by Crippen LogP contribution is -2.30. The maximum atomic E-state index is 10.1. The van der Waals surface area contributed by atoms with Crippen LogP contribution in [-0.2, 0) is 6.54 Å². The normalized spacial score (nSPS) is 23.1. The van der Waals surface area contributed by atoms with E-state index in [-0.39, 0.29) is 0 Å². The molecular weight excluding hydrogens is 260 g/mol. The largest absolute Gasteiger partial charge is 0.388 e. The van der Waals surface area contributed by atoms with E-state index in [1.165, 1.54) is 11.3 Å². The second-order valence-corrected chi connectivity index (χ2v) is 6.05. The Balaban J connectivity index is 2.15. The second kappa shape index (κ2) is 6.12. The van der Waals surface area contributed by atoms with Gasteiger partial charge in [0.25, 0.3) is 0 Å². The minimum atomic E-state index is -0.576. The van der Waals surface area contributed by atoms with Crippen LogP contribution >= 0.6 is 11.6 Å². The molecule has 0 bridgehead atoms. The fourth-order valence-electron chi connectivity index (χ4n) is 2.55. The van der Waals surface area contributed by atoms with Crippen molar-refractivity contribution in [3.05, 3.63) is 28.8 Å². The molecule has 1 atom stereocenters. The standard InChI is InChI=1S/C15H23ClN2O/c1-3-7-17-10-12-9-13(16)4-5-14(12)18-8-6-15(2,19)11-18/h4-5,9,17,19H,3,6-8,10-11H2,1-2H3. The Morgan fingerprint density at radius 3 is 2.89 bits per heavy atom. The summed E-state index contributed by atoms with van der Waals surface area (Å²) in [5.41, 5.74) is 1.82. The van der Waals surface area contributed by atoms with Gasteiger partial charge in [-0.25, -0.2) is 0 Å². The monoisotopic (exact) mass is 282 g/mol. The van der Waals surface area contributed by atoms with Gasteiger partial charge in [0.05, 0.1) is 5.60 Å². The third kappa shape index (κ3) is 3.85. The highest BCUT2D eigenvalue weighted by Crippen LogP contribution is 2.30. The number of halogens is 1. The summed E-state index contributed by atoms with van der Waals surface area (Å²) in [6.45, 7) is 7.47. The molecule has 1 aliphatic rings. The van der Waals surface area contributed by atoms with E-state index in [1.807, 2.05) is 19.1 Å². The van der Waals surface area contributed by atoms with Crippen molar-refractivity contribution in [2.75, 3.05) is 24.5 Å². The van der Waals surface area contributed by atoms with Crippen LogP contribution in [-0.4, -0.2) is 30.3 Å². The van der Waals surface area contributed by atoms with Crippen molar-refractivity contribution in [2.24, 2.45) is 0 Å². The van der Waals surface area contributed by atoms with Crippen LogP contribution in [0.5, 0.6) is 0 Å². The van der Waals surface area contributed by atoms with Gasteiger partial charge < -0.3 is 15.3 Å². The van der Waals surface area contributed by atoms with Crippen LogP contribution in [0.1, 0.15) is 32.3 Å². The van der Waals surface area contributed by atoms with Gasteiger partial charge in [-0.1, -0.05) is 18.5 Å². The van der Waals surface area contributed by atoms with Gasteiger partial charge in [0, 0.05) is 30.3 Å². The van der Waals surface area contributed by atoms with E-state index in [4.69, 9.17) is 11.6 Å². The van der Waals surface area contributed by atoms with Crippen LogP contribution < -0.4 is 10.2 Å². The quantitative estimate of drug-likeness (QED) is 0.815. The molecule has 0 saturated carbocycles. The predicted octanol–water partition coefficient (Wildman–Crippen LogP) is 2.80. The number of aliphatic hydroxyl groups is 1. The van der Waals surface area contributed by atoms with Gasteiger partial charge in [0.2, 0.25) is 0 Å². The van der Waals surface area contributed by atoms with Crippen LogP contribution in [0.2, 0.25) is 5.02 Å². The summed E-state index contributed by atoms with van der Waals surface area (Å²) in [5.74, 6) is 0. The first-order valence-electron chi connectivity index (χ1n) is 6.98. The molecular formula is C15H23ClN2O. The van der Waals surface area contributed by atoms with Gasteiger partial charge in [-0.05, 0) is 50.1 Å². The van der Waals surface area contributed by atoms with E-state index in [1.54, 1.807) is 0 Å². The lowest BCUT2D eigenvalue weighted by atomic mass is 10.1. The predicted molar refractivity (Wildman–Crippen MR) is 80.9 cm³/mol. The minimum absolute atomic E-state index is 0.576. The summed E-state index contributed by atoms with van der Waals surface area (Å²) in [7, 11) is 0. The average molecular weight is 283 g/mol.